The quantitative estimate of drug-likeness (QED) is 0.856. The minimum atomic E-state index is -0.434. The van der Waals surface area contributed by atoms with E-state index < -0.39 is 6.10 Å². The second-order valence-corrected chi connectivity index (χ2v) is 6.53. The van der Waals surface area contributed by atoms with Crippen LogP contribution in [0.2, 0.25) is 0 Å². The van der Waals surface area contributed by atoms with Gasteiger partial charge in [0.25, 0.3) is 0 Å². The lowest BCUT2D eigenvalue weighted by atomic mass is 10.2. The Hall–Kier alpha value is -2.34. The molecule has 1 atom stereocenters. The molecule has 1 aliphatic carbocycles. The highest BCUT2D eigenvalue weighted by Gasteiger charge is 2.31. The van der Waals surface area contributed by atoms with E-state index in [0.717, 1.165) is 24.1 Å². The Morgan fingerprint density at radius 3 is 2.79 bits per heavy atom. The fraction of sp³-hybridized carbons (Fsp3) is 0.444. The number of carbonyl (C=O) groups excluding carboxylic acids is 1. The summed E-state index contributed by atoms with van der Waals surface area (Å²) in [6, 6.07) is 11.6. The van der Waals surface area contributed by atoms with Crippen LogP contribution in [-0.4, -0.2) is 45.5 Å². The number of urea groups is 1. The van der Waals surface area contributed by atoms with Crippen molar-refractivity contribution in [1.29, 1.82) is 0 Å². The van der Waals surface area contributed by atoms with Crippen LogP contribution in [0, 0.1) is 12.8 Å². The number of likely N-dealkylation sites (N-methyl/N-ethyl adjacent to an activating group) is 1. The van der Waals surface area contributed by atoms with Gasteiger partial charge in [0.2, 0.25) is 0 Å². The van der Waals surface area contributed by atoms with Crippen LogP contribution in [0.4, 0.5) is 10.6 Å². The maximum Gasteiger partial charge on any atom is 0.322 e. The molecule has 1 unspecified atom stereocenters. The van der Waals surface area contributed by atoms with Crippen molar-refractivity contribution in [1.82, 2.24) is 14.7 Å². The first kappa shape index (κ1) is 16.5. The molecule has 24 heavy (non-hydrogen) atoms. The van der Waals surface area contributed by atoms with Crippen LogP contribution in [-0.2, 0) is 6.54 Å². The van der Waals surface area contributed by atoms with Crippen molar-refractivity contribution in [3.63, 3.8) is 0 Å². The summed E-state index contributed by atoms with van der Waals surface area (Å²) in [6.07, 6.45) is 1.68. The summed E-state index contributed by atoms with van der Waals surface area (Å²) in [6.45, 7) is 2.85. The summed E-state index contributed by atoms with van der Waals surface area (Å²) in [7, 11) is 1.70. The monoisotopic (exact) mass is 328 g/mol. The molecular weight excluding hydrogens is 304 g/mol. The Morgan fingerprint density at radius 2 is 2.12 bits per heavy atom. The molecule has 6 heteroatoms. The zero-order valence-corrected chi connectivity index (χ0v) is 14.1. The zero-order valence-electron chi connectivity index (χ0n) is 14.1. The maximum atomic E-state index is 12.4. The van der Waals surface area contributed by atoms with E-state index in [9.17, 15) is 9.90 Å². The van der Waals surface area contributed by atoms with Crippen LogP contribution in [0.3, 0.4) is 0 Å². The fourth-order valence-electron chi connectivity index (χ4n) is 2.72. The standard InChI is InChI=1S/C18H24N4O2/c1-13-10-17(22(20-13)11-14-6-4-3-5-7-14)19-18(24)21(2)12-16(23)15-8-9-15/h3-7,10,15-16,23H,8-9,11-12H2,1-2H3,(H,19,24). The summed E-state index contributed by atoms with van der Waals surface area (Å²) in [4.78, 5) is 13.9. The number of aryl methyl sites for hydroxylation is 1. The molecule has 0 bridgehead atoms. The highest BCUT2D eigenvalue weighted by Crippen LogP contribution is 2.32. The molecule has 2 N–H and O–H groups in total. The number of rotatable bonds is 6. The minimum absolute atomic E-state index is 0.232. The average Bonchev–Trinajstić information content (AvgIpc) is 3.34. The highest BCUT2D eigenvalue weighted by molar-refractivity contribution is 5.88. The van der Waals surface area contributed by atoms with E-state index in [1.165, 1.54) is 4.90 Å². The summed E-state index contributed by atoms with van der Waals surface area (Å²) >= 11 is 0. The number of benzene rings is 1. The molecule has 1 aliphatic rings. The second kappa shape index (κ2) is 7.05. The van der Waals surface area contributed by atoms with Gasteiger partial charge in [0.1, 0.15) is 5.82 Å². The van der Waals surface area contributed by atoms with Crippen molar-refractivity contribution in [2.45, 2.75) is 32.4 Å². The van der Waals surface area contributed by atoms with Gasteiger partial charge in [-0.25, -0.2) is 9.48 Å². The molecule has 0 radical (unpaired) electrons. The van der Waals surface area contributed by atoms with Crippen LogP contribution in [0.1, 0.15) is 24.1 Å². The first-order valence-electron chi connectivity index (χ1n) is 8.31. The number of hydrogen-bond donors (Lipinski definition) is 2. The topological polar surface area (TPSA) is 70.4 Å². The average molecular weight is 328 g/mol. The third-order valence-electron chi connectivity index (χ3n) is 4.29. The minimum Gasteiger partial charge on any atom is -0.391 e. The van der Waals surface area contributed by atoms with E-state index in [1.807, 2.05) is 43.3 Å². The zero-order chi connectivity index (χ0) is 17.1. The van der Waals surface area contributed by atoms with Crippen molar-refractivity contribution in [3.05, 3.63) is 47.7 Å². The van der Waals surface area contributed by atoms with Gasteiger partial charge in [-0.3, -0.25) is 5.32 Å². The lowest BCUT2D eigenvalue weighted by Gasteiger charge is -2.21. The smallest absolute Gasteiger partial charge is 0.322 e. The molecule has 1 aromatic heterocycles. The van der Waals surface area contributed by atoms with Gasteiger partial charge in [0.05, 0.1) is 18.3 Å². The lowest BCUT2D eigenvalue weighted by molar-refractivity contribution is 0.117. The van der Waals surface area contributed by atoms with Crippen molar-refractivity contribution in [2.75, 3.05) is 18.9 Å². The normalized spacial score (nSPS) is 15.1. The highest BCUT2D eigenvalue weighted by atomic mass is 16.3. The first-order valence-corrected chi connectivity index (χ1v) is 8.31. The molecule has 6 nitrogen and oxygen atoms in total. The molecule has 2 amide bonds. The van der Waals surface area contributed by atoms with Gasteiger partial charge < -0.3 is 10.0 Å². The molecule has 0 spiro atoms. The Kier molecular flexibility index (Phi) is 4.85. The molecule has 2 aromatic rings. The number of aliphatic hydroxyl groups is 1. The molecule has 1 fully saturated rings. The summed E-state index contributed by atoms with van der Waals surface area (Å²) < 4.78 is 1.79. The third kappa shape index (κ3) is 4.14. The molecule has 1 saturated carbocycles. The van der Waals surface area contributed by atoms with E-state index in [0.29, 0.717) is 24.8 Å². The Bertz CT molecular complexity index is 694. The number of anilines is 1. The SMILES string of the molecule is Cc1cc(NC(=O)N(C)CC(O)C2CC2)n(Cc2ccccc2)n1. The Morgan fingerprint density at radius 1 is 1.42 bits per heavy atom. The van der Waals surface area contributed by atoms with Gasteiger partial charge in [-0.05, 0) is 31.2 Å². The predicted octanol–water partition coefficient (Wildman–Crippen LogP) is 2.47. The van der Waals surface area contributed by atoms with Gasteiger partial charge >= 0.3 is 6.03 Å². The number of nitrogens with zero attached hydrogens (tertiary/aromatic N) is 3. The van der Waals surface area contributed by atoms with Gasteiger partial charge in [-0.15, -0.1) is 0 Å². The van der Waals surface area contributed by atoms with Crippen molar-refractivity contribution in [3.8, 4) is 0 Å². The second-order valence-electron chi connectivity index (χ2n) is 6.53. The van der Waals surface area contributed by atoms with Crippen LogP contribution in [0.25, 0.3) is 0 Å². The summed E-state index contributed by atoms with van der Waals surface area (Å²) in [5, 5.41) is 17.3. The van der Waals surface area contributed by atoms with Gasteiger partial charge in [-0.2, -0.15) is 5.10 Å². The summed E-state index contributed by atoms with van der Waals surface area (Å²) in [5.74, 6) is 1.01. The molecule has 128 valence electrons. The molecule has 1 aromatic carbocycles. The van der Waals surface area contributed by atoms with E-state index >= 15 is 0 Å². The molecule has 3 rings (SSSR count). The van der Waals surface area contributed by atoms with Gasteiger partial charge in [-0.1, -0.05) is 30.3 Å². The first-order chi connectivity index (χ1) is 11.5. The number of aliphatic hydroxyl groups excluding tert-OH is 1. The van der Waals surface area contributed by atoms with Crippen molar-refractivity contribution < 1.29 is 9.90 Å². The van der Waals surface area contributed by atoms with E-state index in [-0.39, 0.29) is 6.03 Å². The molecule has 1 heterocycles. The van der Waals surface area contributed by atoms with Crippen LogP contribution in [0.15, 0.2) is 36.4 Å². The van der Waals surface area contributed by atoms with Crippen molar-refractivity contribution in [2.24, 2.45) is 5.92 Å². The number of hydrogen-bond acceptors (Lipinski definition) is 3. The van der Waals surface area contributed by atoms with Gasteiger partial charge in [0.15, 0.2) is 0 Å². The maximum absolute atomic E-state index is 12.4. The lowest BCUT2D eigenvalue weighted by Crippen LogP contribution is -2.38. The van der Waals surface area contributed by atoms with Crippen LogP contribution < -0.4 is 5.32 Å². The van der Waals surface area contributed by atoms with E-state index in [1.54, 1.807) is 11.7 Å². The molecular formula is C18H24N4O2. The number of amides is 2. The molecule has 0 saturated heterocycles. The number of carbonyl (C=O) groups is 1. The Labute approximate surface area is 142 Å². The van der Waals surface area contributed by atoms with E-state index in [2.05, 4.69) is 10.4 Å². The summed E-state index contributed by atoms with van der Waals surface area (Å²) in [5.41, 5.74) is 1.97. The third-order valence-corrected chi connectivity index (χ3v) is 4.29. The van der Waals surface area contributed by atoms with Crippen LogP contribution in [0.5, 0.6) is 0 Å². The largest absolute Gasteiger partial charge is 0.391 e. The Balaban J connectivity index is 1.64. The van der Waals surface area contributed by atoms with Gasteiger partial charge in [0, 0.05) is 19.7 Å². The predicted molar refractivity (Wildman–Crippen MR) is 92.9 cm³/mol. The van der Waals surface area contributed by atoms with Crippen LogP contribution >= 0.6 is 0 Å². The molecule has 0 aliphatic heterocycles. The van der Waals surface area contributed by atoms with E-state index in [4.69, 9.17) is 0 Å². The number of nitrogens with one attached hydrogen (secondary N) is 1. The number of aromatic nitrogens is 2. The van der Waals surface area contributed by atoms with Crippen molar-refractivity contribution >= 4 is 11.8 Å². The fourth-order valence-corrected chi connectivity index (χ4v) is 2.72.